The van der Waals surface area contributed by atoms with Crippen LogP contribution in [-0.2, 0) is 4.74 Å². The molecule has 0 bridgehead atoms. The molecule has 3 rings (SSSR count). The van der Waals surface area contributed by atoms with Crippen molar-refractivity contribution in [2.75, 3.05) is 13.2 Å². The fourth-order valence-electron chi connectivity index (χ4n) is 2.70. The zero-order valence-electron chi connectivity index (χ0n) is 10.5. The van der Waals surface area contributed by atoms with E-state index in [1.54, 1.807) is 0 Å². The monoisotopic (exact) mass is 245 g/mol. The summed E-state index contributed by atoms with van der Waals surface area (Å²) < 4.78 is 5.25. The van der Waals surface area contributed by atoms with E-state index in [9.17, 15) is 4.79 Å². The highest BCUT2D eigenvalue weighted by molar-refractivity contribution is 6.03. The molecule has 1 heterocycles. The van der Waals surface area contributed by atoms with Crippen molar-refractivity contribution < 1.29 is 9.53 Å². The SMILES string of the molecule is NC1(C(=O)c2ccc(C3CCC3)cc2)CCOC1. The van der Waals surface area contributed by atoms with Crippen LogP contribution < -0.4 is 5.73 Å². The lowest BCUT2D eigenvalue weighted by atomic mass is 9.79. The molecule has 0 aromatic heterocycles. The number of hydrogen-bond acceptors (Lipinski definition) is 3. The number of Topliss-reactive ketones (excluding diaryl/α,β-unsaturated/α-hetero) is 1. The molecule has 0 amide bonds. The van der Waals surface area contributed by atoms with E-state index in [1.165, 1.54) is 24.8 Å². The van der Waals surface area contributed by atoms with E-state index in [0.717, 1.165) is 0 Å². The van der Waals surface area contributed by atoms with Crippen LogP contribution in [-0.4, -0.2) is 24.5 Å². The minimum absolute atomic E-state index is 0.0140. The molecule has 18 heavy (non-hydrogen) atoms. The summed E-state index contributed by atoms with van der Waals surface area (Å²) in [5.41, 5.74) is 7.35. The first-order valence-electron chi connectivity index (χ1n) is 6.70. The van der Waals surface area contributed by atoms with Gasteiger partial charge in [-0.15, -0.1) is 0 Å². The number of ether oxygens (including phenoxy) is 1. The second-order valence-electron chi connectivity index (χ2n) is 5.54. The van der Waals surface area contributed by atoms with Crippen LogP contribution >= 0.6 is 0 Å². The number of ketones is 1. The van der Waals surface area contributed by atoms with E-state index in [-0.39, 0.29) is 5.78 Å². The Morgan fingerprint density at radius 1 is 1.28 bits per heavy atom. The largest absolute Gasteiger partial charge is 0.379 e. The van der Waals surface area contributed by atoms with E-state index in [4.69, 9.17) is 10.5 Å². The molecule has 3 heteroatoms. The van der Waals surface area contributed by atoms with E-state index in [1.807, 2.05) is 12.1 Å². The number of hydrogen-bond donors (Lipinski definition) is 1. The van der Waals surface area contributed by atoms with Crippen molar-refractivity contribution in [1.82, 2.24) is 0 Å². The summed E-state index contributed by atoms with van der Waals surface area (Å²) in [6, 6.07) is 8.00. The van der Waals surface area contributed by atoms with Crippen LogP contribution in [0.25, 0.3) is 0 Å². The Morgan fingerprint density at radius 3 is 2.50 bits per heavy atom. The zero-order valence-corrected chi connectivity index (χ0v) is 10.5. The fraction of sp³-hybridized carbons (Fsp3) is 0.533. The molecule has 1 saturated heterocycles. The lowest BCUT2D eigenvalue weighted by molar-refractivity contribution is 0.0863. The third kappa shape index (κ3) is 1.98. The van der Waals surface area contributed by atoms with Gasteiger partial charge in [0.2, 0.25) is 0 Å². The minimum atomic E-state index is -0.808. The van der Waals surface area contributed by atoms with Gasteiger partial charge in [-0.05, 0) is 30.7 Å². The number of nitrogens with two attached hydrogens (primary N) is 1. The molecule has 2 fully saturated rings. The van der Waals surface area contributed by atoms with Gasteiger partial charge < -0.3 is 10.5 Å². The van der Waals surface area contributed by atoms with Crippen LogP contribution in [0, 0.1) is 0 Å². The van der Waals surface area contributed by atoms with Gasteiger partial charge in [0.1, 0.15) is 5.54 Å². The zero-order chi connectivity index (χ0) is 12.6. The van der Waals surface area contributed by atoms with Crippen molar-refractivity contribution in [3.8, 4) is 0 Å². The topological polar surface area (TPSA) is 52.3 Å². The minimum Gasteiger partial charge on any atom is -0.379 e. The summed E-state index contributed by atoms with van der Waals surface area (Å²) >= 11 is 0. The van der Waals surface area contributed by atoms with Gasteiger partial charge in [0.15, 0.2) is 5.78 Å². The van der Waals surface area contributed by atoms with E-state index >= 15 is 0 Å². The predicted molar refractivity (Wildman–Crippen MR) is 69.7 cm³/mol. The molecule has 96 valence electrons. The van der Waals surface area contributed by atoms with E-state index < -0.39 is 5.54 Å². The molecule has 1 atom stereocenters. The first kappa shape index (κ1) is 11.9. The maximum atomic E-state index is 12.3. The molecular weight excluding hydrogens is 226 g/mol. The average Bonchev–Trinajstić information content (AvgIpc) is 2.75. The molecule has 3 nitrogen and oxygen atoms in total. The highest BCUT2D eigenvalue weighted by atomic mass is 16.5. The van der Waals surface area contributed by atoms with Gasteiger partial charge in [0.05, 0.1) is 6.61 Å². The summed E-state index contributed by atoms with van der Waals surface area (Å²) in [6.07, 6.45) is 4.51. The average molecular weight is 245 g/mol. The Bertz CT molecular complexity index is 442. The summed E-state index contributed by atoms with van der Waals surface area (Å²) in [5, 5.41) is 0. The Balaban J connectivity index is 1.77. The van der Waals surface area contributed by atoms with E-state index in [2.05, 4.69) is 12.1 Å². The van der Waals surface area contributed by atoms with Crippen molar-refractivity contribution >= 4 is 5.78 Å². The second-order valence-corrected chi connectivity index (χ2v) is 5.54. The van der Waals surface area contributed by atoms with Crippen molar-refractivity contribution in [1.29, 1.82) is 0 Å². The fourth-order valence-corrected chi connectivity index (χ4v) is 2.70. The van der Waals surface area contributed by atoms with Crippen molar-refractivity contribution in [2.45, 2.75) is 37.1 Å². The third-order valence-electron chi connectivity index (χ3n) is 4.25. The van der Waals surface area contributed by atoms with Gasteiger partial charge in [0.25, 0.3) is 0 Å². The number of carbonyl (C=O) groups excluding carboxylic acids is 1. The number of carbonyl (C=O) groups is 1. The van der Waals surface area contributed by atoms with Gasteiger partial charge in [-0.3, -0.25) is 4.79 Å². The maximum absolute atomic E-state index is 12.3. The van der Waals surface area contributed by atoms with Gasteiger partial charge in [-0.2, -0.15) is 0 Å². The molecule has 2 N–H and O–H groups in total. The lowest BCUT2D eigenvalue weighted by Gasteiger charge is -2.26. The van der Waals surface area contributed by atoms with Crippen LogP contribution in [0.2, 0.25) is 0 Å². The van der Waals surface area contributed by atoms with Crippen molar-refractivity contribution in [3.63, 3.8) is 0 Å². The van der Waals surface area contributed by atoms with Crippen molar-refractivity contribution in [3.05, 3.63) is 35.4 Å². The third-order valence-corrected chi connectivity index (χ3v) is 4.25. The molecule has 1 aliphatic heterocycles. The normalized spacial score (nSPS) is 28.1. The molecule has 1 aromatic carbocycles. The van der Waals surface area contributed by atoms with Crippen LogP contribution in [0.4, 0.5) is 0 Å². The van der Waals surface area contributed by atoms with Crippen LogP contribution in [0.1, 0.15) is 47.5 Å². The number of benzene rings is 1. The Morgan fingerprint density at radius 2 is 2.00 bits per heavy atom. The molecule has 0 spiro atoms. The maximum Gasteiger partial charge on any atom is 0.185 e. The summed E-state index contributed by atoms with van der Waals surface area (Å²) in [4.78, 5) is 12.3. The first-order chi connectivity index (χ1) is 8.69. The Hall–Kier alpha value is -1.19. The highest BCUT2D eigenvalue weighted by Gasteiger charge is 2.38. The predicted octanol–water partition coefficient (Wildman–Crippen LogP) is 2.25. The molecule has 1 saturated carbocycles. The van der Waals surface area contributed by atoms with E-state index in [0.29, 0.717) is 31.1 Å². The Labute approximate surface area is 107 Å². The molecule has 2 aliphatic rings. The quantitative estimate of drug-likeness (QED) is 0.831. The van der Waals surface area contributed by atoms with Crippen LogP contribution in [0.5, 0.6) is 0 Å². The van der Waals surface area contributed by atoms with Gasteiger partial charge in [0, 0.05) is 12.2 Å². The van der Waals surface area contributed by atoms with Gasteiger partial charge in [-0.25, -0.2) is 0 Å². The Kier molecular flexibility index (Phi) is 2.96. The molecule has 0 radical (unpaired) electrons. The summed E-state index contributed by atoms with van der Waals surface area (Å²) in [5.74, 6) is 0.718. The molecule has 1 unspecified atom stereocenters. The number of rotatable bonds is 3. The van der Waals surface area contributed by atoms with Gasteiger partial charge in [-0.1, -0.05) is 30.7 Å². The second kappa shape index (κ2) is 4.48. The van der Waals surface area contributed by atoms with Crippen LogP contribution in [0.15, 0.2) is 24.3 Å². The smallest absolute Gasteiger partial charge is 0.185 e. The standard InChI is InChI=1S/C15H19NO2/c16-15(8-9-18-10-15)14(17)13-6-4-12(5-7-13)11-2-1-3-11/h4-7,11H,1-3,8-10,16H2. The summed E-state index contributed by atoms with van der Waals surface area (Å²) in [7, 11) is 0. The van der Waals surface area contributed by atoms with Gasteiger partial charge >= 0.3 is 0 Å². The first-order valence-corrected chi connectivity index (χ1v) is 6.70. The molecule has 1 aromatic rings. The van der Waals surface area contributed by atoms with Crippen LogP contribution in [0.3, 0.4) is 0 Å². The highest BCUT2D eigenvalue weighted by Crippen LogP contribution is 2.36. The lowest BCUT2D eigenvalue weighted by Crippen LogP contribution is -2.48. The molecule has 1 aliphatic carbocycles. The summed E-state index contributed by atoms with van der Waals surface area (Å²) in [6.45, 7) is 0.929. The molecular formula is C15H19NO2. The van der Waals surface area contributed by atoms with Crippen molar-refractivity contribution in [2.24, 2.45) is 5.73 Å².